The van der Waals surface area contributed by atoms with Gasteiger partial charge in [-0.25, -0.2) is 0 Å². The van der Waals surface area contributed by atoms with Gasteiger partial charge in [-0.1, -0.05) is 0 Å². The summed E-state index contributed by atoms with van der Waals surface area (Å²) in [7, 11) is 1.62. The van der Waals surface area contributed by atoms with Crippen molar-refractivity contribution in [2.45, 2.75) is 25.8 Å². The van der Waals surface area contributed by atoms with Crippen molar-refractivity contribution in [3.8, 4) is 0 Å². The van der Waals surface area contributed by atoms with Crippen molar-refractivity contribution in [1.29, 1.82) is 0 Å². The highest BCUT2D eigenvalue weighted by Gasteiger charge is 2.25. The molecule has 3 N–H and O–H groups in total. The van der Waals surface area contributed by atoms with Gasteiger partial charge in [0.15, 0.2) is 0 Å². The first-order chi connectivity index (χ1) is 9.15. The number of piperidine rings is 1. The van der Waals surface area contributed by atoms with Crippen molar-refractivity contribution in [3.05, 3.63) is 24.0 Å². The first-order valence-electron chi connectivity index (χ1n) is 6.80. The molecule has 5 nitrogen and oxygen atoms in total. The third kappa shape index (κ3) is 3.04. The molecule has 1 aromatic heterocycles. The number of rotatable bonds is 3. The summed E-state index contributed by atoms with van der Waals surface area (Å²) in [5.74, 6) is 0.384. The normalized spacial score (nSPS) is 23.2. The Balaban J connectivity index is 2.22. The van der Waals surface area contributed by atoms with Crippen LogP contribution in [0.2, 0.25) is 0 Å². The molecule has 1 fully saturated rings. The van der Waals surface area contributed by atoms with Gasteiger partial charge in [0.05, 0.1) is 0 Å². The van der Waals surface area contributed by atoms with Gasteiger partial charge >= 0.3 is 0 Å². The lowest BCUT2D eigenvalue weighted by molar-refractivity contribution is 0.0958. The number of anilines is 1. The fourth-order valence-electron chi connectivity index (χ4n) is 2.58. The Labute approximate surface area is 114 Å². The Kier molecular flexibility index (Phi) is 4.37. The fraction of sp³-hybridized carbons (Fsp3) is 0.571. The second-order valence-electron chi connectivity index (χ2n) is 5.16. The average molecular weight is 262 g/mol. The average Bonchev–Trinajstić information content (AvgIpc) is 2.47. The van der Waals surface area contributed by atoms with E-state index in [1.165, 1.54) is 6.42 Å². The molecule has 1 aliphatic rings. The van der Waals surface area contributed by atoms with Gasteiger partial charge in [0.2, 0.25) is 0 Å². The summed E-state index contributed by atoms with van der Waals surface area (Å²) < 4.78 is 0. The predicted molar refractivity (Wildman–Crippen MR) is 76.2 cm³/mol. The predicted octanol–water partition coefficient (Wildman–Crippen LogP) is 1.00. The molecule has 104 valence electrons. The van der Waals surface area contributed by atoms with Crippen LogP contribution in [0.3, 0.4) is 0 Å². The SMILES string of the molecule is CNC(=O)c1cc(N2CC(CN)CCC2C)ccn1. The molecular weight excluding hydrogens is 240 g/mol. The summed E-state index contributed by atoms with van der Waals surface area (Å²) in [5, 5.41) is 2.60. The fourth-order valence-corrected chi connectivity index (χ4v) is 2.58. The summed E-state index contributed by atoms with van der Waals surface area (Å²) in [6.45, 7) is 3.89. The molecule has 0 spiro atoms. The Morgan fingerprint density at radius 2 is 2.37 bits per heavy atom. The number of nitrogens with two attached hydrogens (primary N) is 1. The number of hydrogen-bond acceptors (Lipinski definition) is 4. The smallest absolute Gasteiger partial charge is 0.269 e. The first kappa shape index (κ1) is 13.8. The summed E-state index contributed by atoms with van der Waals surface area (Å²) in [6, 6.07) is 4.29. The second-order valence-corrected chi connectivity index (χ2v) is 5.16. The zero-order valence-electron chi connectivity index (χ0n) is 11.6. The van der Waals surface area contributed by atoms with Crippen LogP contribution in [-0.2, 0) is 0 Å². The van der Waals surface area contributed by atoms with Crippen molar-refractivity contribution >= 4 is 11.6 Å². The van der Waals surface area contributed by atoms with Crippen LogP contribution in [0.4, 0.5) is 5.69 Å². The molecule has 19 heavy (non-hydrogen) atoms. The minimum absolute atomic E-state index is 0.151. The van der Waals surface area contributed by atoms with E-state index in [1.54, 1.807) is 13.2 Å². The van der Waals surface area contributed by atoms with Crippen molar-refractivity contribution in [1.82, 2.24) is 10.3 Å². The molecule has 2 heterocycles. The molecule has 0 saturated carbocycles. The molecule has 2 atom stereocenters. The minimum atomic E-state index is -0.151. The zero-order valence-corrected chi connectivity index (χ0v) is 11.6. The van der Waals surface area contributed by atoms with Gasteiger partial charge < -0.3 is 16.0 Å². The van der Waals surface area contributed by atoms with Crippen LogP contribution >= 0.6 is 0 Å². The third-order valence-electron chi connectivity index (χ3n) is 3.85. The first-order valence-corrected chi connectivity index (χ1v) is 6.80. The van der Waals surface area contributed by atoms with E-state index in [9.17, 15) is 4.79 Å². The summed E-state index contributed by atoms with van der Waals surface area (Å²) in [4.78, 5) is 18.1. The summed E-state index contributed by atoms with van der Waals surface area (Å²) in [6.07, 6.45) is 4.01. The minimum Gasteiger partial charge on any atom is -0.368 e. The van der Waals surface area contributed by atoms with E-state index in [2.05, 4.69) is 22.1 Å². The van der Waals surface area contributed by atoms with Gasteiger partial charge in [0.25, 0.3) is 5.91 Å². The molecule has 0 aromatic carbocycles. The molecule has 1 aliphatic heterocycles. The van der Waals surface area contributed by atoms with E-state index in [4.69, 9.17) is 5.73 Å². The highest BCUT2D eigenvalue weighted by molar-refractivity contribution is 5.92. The lowest BCUT2D eigenvalue weighted by Crippen LogP contribution is -2.44. The van der Waals surface area contributed by atoms with Crippen LogP contribution < -0.4 is 16.0 Å². The molecular formula is C14H22N4O. The standard InChI is InChI=1S/C14H22N4O/c1-10-3-4-11(8-15)9-18(10)12-5-6-17-13(7-12)14(19)16-2/h5-7,10-11H,3-4,8-9,15H2,1-2H3,(H,16,19). The van der Waals surface area contributed by atoms with E-state index >= 15 is 0 Å². The van der Waals surface area contributed by atoms with E-state index in [1.807, 2.05) is 12.1 Å². The van der Waals surface area contributed by atoms with E-state index in [-0.39, 0.29) is 5.91 Å². The Morgan fingerprint density at radius 1 is 1.58 bits per heavy atom. The lowest BCUT2D eigenvalue weighted by atomic mass is 9.93. The van der Waals surface area contributed by atoms with Crippen LogP contribution in [0.1, 0.15) is 30.3 Å². The van der Waals surface area contributed by atoms with Crippen LogP contribution in [-0.4, -0.2) is 37.1 Å². The molecule has 1 amide bonds. The number of carbonyl (C=O) groups is 1. The van der Waals surface area contributed by atoms with Crippen molar-refractivity contribution in [2.24, 2.45) is 11.7 Å². The third-order valence-corrected chi connectivity index (χ3v) is 3.85. The van der Waals surface area contributed by atoms with Crippen molar-refractivity contribution in [2.75, 3.05) is 25.0 Å². The van der Waals surface area contributed by atoms with Gasteiger partial charge in [-0.15, -0.1) is 0 Å². The molecule has 2 unspecified atom stereocenters. The number of nitrogens with one attached hydrogen (secondary N) is 1. The van der Waals surface area contributed by atoms with Crippen molar-refractivity contribution < 1.29 is 4.79 Å². The van der Waals surface area contributed by atoms with Crippen LogP contribution in [0.25, 0.3) is 0 Å². The highest BCUT2D eigenvalue weighted by Crippen LogP contribution is 2.27. The molecule has 5 heteroatoms. The molecule has 0 aliphatic carbocycles. The number of pyridine rings is 1. The van der Waals surface area contributed by atoms with Crippen molar-refractivity contribution in [3.63, 3.8) is 0 Å². The van der Waals surface area contributed by atoms with Gasteiger partial charge in [0.1, 0.15) is 5.69 Å². The maximum Gasteiger partial charge on any atom is 0.269 e. The Hall–Kier alpha value is -1.62. The lowest BCUT2D eigenvalue weighted by Gasteiger charge is -2.39. The Bertz CT molecular complexity index is 449. The largest absolute Gasteiger partial charge is 0.368 e. The van der Waals surface area contributed by atoms with E-state index in [0.717, 1.165) is 25.2 Å². The zero-order chi connectivity index (χ0) is 13.8. The topological polar surface area (TPSA) is 71.2 Å². The van der Waals surface area contributed by atoms with Gasteiger partial charge in [-0.05, 0) is 44.4 Å². The highest BCUT2D eigenvalue weighted by atomic mass is 16.1. The number of nitrogens with zero attached hydrogens (tertiary/aromatic N) is 2. The summed E-state index contributed by atoms with van der Waals surface area (Å²) >= 11 is 0. The molecule has 2 rings (SSSR count). The summed E-state index contributed by atoms with van der Waals surface area (Å²) in [5.41, 5.74) is 7.30. The van der Waals surface area contributed by atoms with E-state index < -0.39 is 0 Å². The van der Waals surface area contributed by atoms with Crippen LogP contribution in [0, 0.1) is 5.92 Å². The monoisotopic (exact) mass is 262 g/mol. The van der Waals surface area contributed by atoms with Crippen LogP contribution in [0.15, 0.2) is 18.3 Å². The quantitative estimate of drug-likeness (QED) is 0.852. The molecule has 0 bridgehead atoms. The second kappa shape index (κ2) is 6.02. The molecule has 1 saturated heterocycles. The number of hydrogen-bond donors (Lipinski definition) is 2. The van der Waals surface area contributed by atoms with E-state index in [0.29, 0.717) is 17.7 Å². The van der Waals surface area contributed by atoms with Crippen LogP contribution in [0.5, 0.6) is 0 Å². The van der Waals surface area contributed by atoms with Gasteiger partial charge in [-0.2, -0.15) is 0 Å². The maximum absolute atomic E-state index is 11.6. The number of carbonyl (C=O) groups excluding carboxylic acids is 1. The van der Waals surface area contributed by atoms with Gasteiger partial charge in [0, 0.05) is 31.5 Å². The maximum atomic E-state index is 11.6. The Morgan fingerprint density at radius 3 is 3.05 bits per heavy atom. The number of aromatic nitrogens is 1. The van der Waals surface area contributed by atoms with Gasteiger partial charge in [-0.3, -0.25) is 9.78 Å². The number of amides is 1. The molecule has 0 radical (unpaired) electrons. The molecule has 1 aromatic rings.